The van der Waals surface area contributed by atoms with E-state index < -0.39 is 6.04 Å². The first kappa shape index (κ1) is 12.4. The van der Waals surface area contributed by atoms with Gasteiger partial charge in [-0.25, -0.2) is 0 Å². The molecule has 0 spiro atoms. The van der Waals surface area contributed by atoms with Crippen molar-refractivity contribution in [2.24, 2.45) is 0 Å². The summed E-state index contributed by atoms with van der Waals surface area (Å²) in [6.07, 6.45) is 3.31. The van der Waals surface area contributed by atoms with E-state index in [2.05, 4.69) is 17.9 Å². The minimum Gasteiger partial charge on any atom is -0.344 e. The van der Waals surface area contributed by atoms with Crippen LogP contribution in [-0.4, -0.2) is 41.6 Å². The number of carbonyl (C=O) groups excluding carboxylic acids is 2. The van der Waals surface area contributed by atoms with Crippen LogP contribution in [0.5, 0.6) is 0 Å². The Bertz CT molecular complexity index is 240. The summed E-state index contributed by atoms with van der Waals surface area (Å²) in [6.45, 7) is 3.03. The largest absolute Gasteiger partial charge is 0.344 e. The third kappa shape index (κ3) is 3.74. The highest BCUT2D eigenvalue weighted by atomic mass is 32.1. The zero-order valence-electron chi connectivity index (χ0n) is 9.03. The number of hydrogen-bond donors (Lipinski definition) is 2. The number of hydrogen-bond acceptors (Lipinski definition) is 3. The maximum absolute atomic E-state index is 11.9. The Morgan fingerprint density at radius 3 is 2.40 bits per heavy atom. The number of thiol groups is 1. The lowest BCUT2D eigenvalue weighted by atomic mass is 10.1. The van der Waals surface area contributed by atoms with E-state index in [1.807, 2.05) is 4.90 Å². The van der Waals surface area contributed by atoms with E-state index >= 15 is 0 Å². The topological polar surface area (TPSA) is 49.4 Å². The third-order valence-corrected chi connectivity index (χ3v) is 2.89. The molecule has 1 unspecified atom stereocenters. The van der Waals surface area contributed by atoms with Gasteiger partial charge >= 0.3 is 0 Å². The maximum atomic E-state index is 11.9. The summed E-state index contributed by atoms with van der Waals surface area (Å²) in [5.41, 5.74) is 0. The van der Waals surface area contributed by atoms with Gasteiger partial charge in [-0.15, -0.1) is 0 Å². The zero-order valence-corrected chi connectivity index (χ0v) is 9.93. The molecule has 0 saturated carbocycles. The van der Waals surface area contributed by atoms with Crippen LogP contribution in [0.4, 0.5) is 0 Å². The molecular formula is C10H18N2O2S. The van der Waals surface area contributed by atoms with Gasteiger partial charge < -0.3 is 10.2 Å². The van der Waals surface area contributed by atoms with Crippen molar-refractivity contribution in [1.82, 2.24) is 10.2 Å². The summed E-state index contributed by atoms with van der Waals surface area (Å²) in [5.74, 6) is 0.175. The van der Waals surface area contributed by atoms with Crippen LogP contribution >= 0.6 is 12.6 Å². The van der Waals surface area contributed by atoms with Crippen molar-refractivity contribution in [1.29, 1.82) is 0 Å². The molecule has 0 radical (unpaired) electrons. The molecule has 4 nitrogen and oxygen atoms in total. The summed E-state index contributed by atoms with van der Waals surface area (Å²) >= 11 is 4.09. The van der Waals surface area contributed by atoms with Gasteiger partial charge in [-0.3, -0.25) is 9.59 Å². The van der Waals surface area contributed by atoms with Crippen molar-refractivity contribution in [3.05, 3.63) is 0 Å². The van der Waals surface area contributed by atoms with Gasteiger partial charge in [-0.2, -0.15) is 12.6 Å². The van der Waals surface area contributed by atoms with Gasteiger partial charge in [-0.1, -0.05) is 0 Å². The van der Waals surface area contributed by atoms with Crippen LogP contribution in [-0.2, 0) is 9.59 Å². The molecule has 2 amide bonds. The Kier molecular flexibility index (Phi) is 4.94. The van der Waals surface area contributed by atoms with Gasteiger partial charge in [0.05, 0.1) is 0 Å². The highest BCUT2D eigenvalue weighted by Crippen LogP contribution is 2.10. The Labute approximate surface area is 95.8 Å². The molecule has 1 aliphatic rings. The molecule has 1 atom stereocenters. The smallest absolute Gasteiger partial charge is 0.245 e. The molecule has 1 aliphatic heterocycles. The first-order valence-corrected chi connectivity index (χ1v) is 5.95. The van der Waals surface area contributed by atoms with E-state index in [4.69, 9.17) is 0 Å². The summed E-state index contributed by atoms with van der Waals surface area (Å²) in [6, 6.07) is -0.469. The summed E-state index contributed by atoms with van der Waals surface area (Å²) < 4.78 is 0. The predicted molar refractivity (Wildman–Crippen MR) is 61.9 cm³/mol. The van der Waals surface area contributed by atoms with Crippen molar-refractivity contribution in [3.8, 4) is 0 Å². The lowest BCUT2D eigenvalue weighted by molar-refractivity contribution is -0.136. The summed E-state index contributed by atoms with van der Waals surface area (Å²) in [4.78, 5) is 24.6. The molecule has 86 valence electrons. The number of likely N-dealkylation sites (tertiary alicyclic amines) is 1. The summed E-state index contributed by atoms with van der Waals surface area (Å²) in [7, 11) is 0. The van der Waals surface area contributed by atoms with E-state index in [0.717, 1.165) is 25.9 Å². The lowest BCUT2D eigenvalue weighted by Crippen LogP contribution is -2.50. The Balaban J connectivity index is 2.50. The predicted octanol–water partition coefficient (Wildman–Crippen LogP) is 0.433. The second-order valence-corrected chi connectivity index (χ2v) is 4.19. The fourth-order valence-electron chi connectivity index (χ4n) is 1.77. The molecule has 1 rings (SSSR count). The molecule has 1 N–H and O–H groups in total. The minimum absolute atomic E-state index is 0.0000926. The fourth-order valence-corrected chi connectivity index (χ4v) is 2.01. The highest BCUT2D eigenvalue weighted by molar-refractivity contribution is 7.80. The maximum Gasteiger partial charge on any atom is 0.245 e. The quantitative estimate of drug-likeness (QED) is 0.691. The standard InChI is InChI=1S/C10H18N2O2S/c1-8(13)11-9(7-15)10(14)12-5-3-2-4-6-12/h9,15H,2-7H2,1H3,(H,11,13). The van der Waals surface area contributed by atoms with Crippen molar-refractivity contribution in [2.75, 3.05) is 18.8 Å². The average Bonchev–Trinajstić information content (AvgIpc) is 2.26. The van der Waals surface area contributed by atoms with Crippen LogP contribution in [0.15, 0.2) is 0 Å². The summed E-state index contributed by atoms with van der Waals surface area (Å²) in [5, 5.41) is 2.62. The molecule has 5 heteroatoms. The highest BCUT2D eigenvalue weighted by Gasteiger charge is 2.24. The van der Waals surface area contributed by atoms with Crippen LogP contribution in [0.2, 0.25) is 0 Å². The Morgan fingerprint density at radius 2 is 1.93 bits per heavy atom. The molecule has 0 aromatic heterocycles. The number of nitrogens with zero attached hydrogens (tertiary/aromatic N) is 1. The molecule has 15 heavy (non-hydrogen) atoms. The molecule has 1 fully saturated rings. The molecule has 0 aromatic rings. The van der Waals surface area contributed by atoms with E-state index in [9.17, 15) is 9.59 Å². The Hall–Kier alpha value is -0.710. The van der Waals surface area contributed by atoms with Gasteiger partial charge in [0.15, 0.2) is 0 Å². The average molecular weight is 230 g/mol. The van der Waals surface area contributed by atoms with Gasteiger partial charge in [0.1, 0.15) is 6.04 Å². The van der Waals surface area contributed by atoms with E-state index in [1.54, 1.807) is 0 Å². The van der Waals surface area contributed by atoms with E-state index in [-0.39, 0.29) is 11.8 Å². The van der Waals surface area contributed by atoms with Crippen LogP contribution in [0.3, 0.4) is 0 Å². The third-order valence-electron chi connectivity index (χ3n) is 2.53. The van der Waals surface area contributed by atoms with Crippen LogP contribution < -0.4 is 5.32 Å². The number of nitrogens with one attached hydrogen (secondary N) is 1. The molecule has 0 aliphatic carbocycles. The minimum atomic E-state index is -0.469. The second-order valence-electron chi connectivity index (χ2n) is 3.82. The van der Waals surface area contributed by atoms with Crippen LogP contribution in [0.25, 0.3) is 0 Å². The van der Waals surface area contributed by atoms with Gasteiger partial charge in [0.2, 0.25) is 11.8 Å². The molecule has 0 aromatic carbocycles. The zero-order chi connectivity index (χ0) is 11.3. The number of carbonyl (C=O) groups is 2. The van der Waals surface area contributed by atoms with Crippen molar-refractivity contribution in [3.63, 3.8) is 0 Å². The SMILES string of the molecule is CC(=O)NC(CS)C(=O)N1CCCCC1. The molecule has 0 bridgehead atoms. The number of rotatable bonds is 3. The fraction of sp³-hybridized carbons (Fsp3) is 0.800. The second kappa shape index (κ2) is 6.00. The monoisotopic (exact) mass is 230 g/mol. The van der Waals surface area contributed by atoms with Crippen LogP contribution in [0.1, 0.15) is 26.2 Å². The van der Waals surface area contributed by atoms with E-state index in [0.29, 0.717) is 5.75 Å². The van der Waals surface area contributed by atoms with Crippen LogP contribution in [0, 0.1) is 0 Å². The van der Waals surface area contributed by atoms with Gasteiger partial charge in [0.25, 0.3) is 0 Å². The molecule has 1 saturated heterocycles. The lowest BCUT2D eigenvalue weighted by Gasteiger charge is -2.30. The van der Waals surface area contributed by atoms with Crippen molar-refractivity contribution >= 4 is 24.4 Å². The molecule has 1 heterocycles. The Morgan fingerprint density at radius 1 is 1.33 bits per heavy atom. The number of piperidine rings is 1. The van der Waals surface area contributed by atoms with Gasteiger partial charge in [0, 0.05) is 25.8 Å². The van der Waals surface area contributed by atoms with E-state index in [1.165, 1.54) is 13.3 Å². The van der Waals surface area contributed by atoms with Gasteiger partial charge in [-0.05, 0) is 19.3 Å². The van der Waals surface area contributed by atoms with Crippen molar-refractivity contribution < 1.29 is 9.59 Å². The van der Waals surface area contributed by atoms with Crippen molar-refractivity contribution in [2.45, 2.75) is 32.2 Å². The molecular weight excluding hydrogens is 212 g/mol. The first-order chi connectivity index (χ1) is 7.15. The normalized spacial score (nSPS) is 18.4. The first-order valence-electron chi connectivity index (χ1n) is 5.32. The number of amides is 2.